The predicted octanol–water partition coefficient (Wildman–Crippen LogP) is 1.54. The van der Waals surface area contributed by atoms with Crippen molar-refractivity contribution in [2.75, 3.05) is 0 Å². The van der Waals surface area contributed by atoms with Gasteiger partial charge in [-0.2, -0.15) is 0 Å². The summed E-state index contributed by atoms with van der Waals surface area (Å²) in [4.78, 5) is 11.2. The van der Waals surface area contributed by atoms with Crippen molar-refractivity contribution in [2.24, 2.45) is 11.1 Å². The summed E-state index contributed by atoms with van der Waals surface area (Å²) in [7, 11) is 0. The lowest BCUT2D eigenvalue weighted by molar-refractivity contribution is -0.111. The van der Waals surface area contributed by atoms with Crippen LogP contribution in [0.3, 0.4) is 0 Å². The molecule has 1 aliphatic carbocycles. The molecule has 1 aliphatic rings. The Morgan fingerprint density at radius 2 is 2.08 bits per heavy atom. The van der Waals surface area contributed by atoms with Crippen LogP contribution in [0.2, 0.25) is 0 Å². The number of rotatable bonds is 1. The molecule has 0 unspecified atom stereocenters. The van der Waals surface area contributed by atoms with E-state index in [1.54, 1.807) is 6.08 Å². The molecule has 0 aromatic rings. The van der Waals surface area contributed by atoms with Crippen molar-refractivity contribution in [2.45, 2.75) is 13.8 Å². The van der Waals surface area contributed by atoms with Gasteiger partial charge in [-0.3, -0.25) is 4.79 Å². The van der Waals surface area contributed by atoms with Gasteiger partial charge in [0.05, 0.1) is 0 Å². The minimum Gasteiger partial charge on any atom is -0.410 e. The van der Waals surface area contributed by atoms with Crippen LogP contribution in [0.5, 0.6) is 0 Å². The Morgan fingerprint density at radius 3 is 2.58 bits per heavy atom. The van der Waals surface area contributed by atoms with Gasteiger partial charge in [-0.1, -0.05) is 19.0 Å². The molecule has 0 fully saturated rings. The van der Waals surface area contributed by atoms with Gasteiger partial charge in [0.25, 0.3) is 0 Å². The lowest BCUT2D eigenvalue weighted by Gasteiger charge is -2.10. The van der Waals surface area contributed by atoms with Crippen LogP contribution in [0.25, 0.3) is 0 Å². The fourth-order valence-electron chi connectivity index (χ4n) is 1.05. The van der Waals surface area contributed by atoms with Crippen molar-refractivity contribution in [1.29, 1.82) is 0 Å². The van der Waals surface area contributed by atoms with E-state index in [2.05, 4.69) is 5.16 Å². The Labute approximate surface area is 71.1 Å². The Morgan fingerprint density at radius 1 is 1.42 bits per heavy atom. The zero-order chi connectivity index (χ0) is 9.14. The fourth-order valence-corrected chi connectivity index (χ4v) is 1.05. The van der Waals surface area contributed by atoms with E-state index in [1.807, 2.05) is 13.8 Å². The average molecular weight is 165 g/mol. The first-order valence-electron chi connectivity index (χ1n) is 3.81. The van der Waals surface area contributed by atoms with E-state index in [0.717, 1.165) is 0 Å². The van der Waals surface area contributed by atoms with Gasteiger partial charge in [0.15, 0.2) is 5.78 Å². The third-order valence-electron chi connectivity index (χ3n) is 1.73. The summed E-state index contributed by atoms with van der Waals surface area (Å²) in [5.74, 6) is 0.164. The lowest BCUT2D eigenvalue weighted by Crippen LogP contribution is -2.12. The predicted molar refractivity (Wildman–Crippen MR) is 46.3 cm³/mol. The van der Waals surface area contributed by atoms with E-state index in [4.69, 9.17) is 5.21 Å². The first kappa shape index (κ1) is 8.71. The topological polar surface area (TPSA) is 49.7 Å². The van der Waals surface area contributed by atoms with E-state index in [0.29, 0.717) is 11.3 Å². The summed E-state index contributed by atoms with van der Waals surface area (Å²) < 4.78 is 0. The van der Waals surface area contributed by atoms with E-state index >= 15 is 0 Å². The molecule has 3 nitrogen and oxygen atoms in total. The average Bonchev–Trinajstić information content (AvgIpc) is 2.05. The molecular formula is C9H11NO2. The molecule has 0 aromatic carbocycles. The number of hydrogen-bond acceptors (Lipinski definition) is 3. The Kier molecular flexibility index (Phi) is 2.43. The summed E-state index contributed by atoms with van der Waals surface area (Å²) in [6.07, 6.45) is 4.52. The number of nitrogens with zero attached hydrogens (tertiary/aromatic N) is 1. The van der Waals surface area contributed by atoms with Crippen molar-refractivity contribution >= 4 is 11.5 Å². The number of allylic oxidation sites excluding steroid dienone is 4. The van der Waals surface area contributed by atoms with Crippen LogP contribution in [0.1, 0.15) is 13.8 Å². The Balaban J connectivity index is 2.98. The molecule has 0 bridgehead atoms. The molecule has 1 rings (SSSR count). The summed E-state index contributed by atoms with van der Waals surface area (Å²) in [5.41, 5.74) is 1.11. The second-order valence-electron chi connectivity index (χ2n) is 2.98. The minimum absolute atomic E-state index is 0.00241. The Bertz CT molecular complexity index is 285. The summed E-state index contributed by atoms with van der Waals surface area (Å²) in [6.45, 7) is 3.86. The number of oxime groups is 1. The van der Waals surface area contributed by atoms with E-state index in [-0.39, 0.29) is 11.7 Å². The van der Waals surface area contributed by atoms with Gasteiger partial charge in [0, 0.05) is 5.57 Å². The van der Waals surface area contributed by atoms with E-state index in [9.17, 15) is 4.79 Å². The van der Waals surface area contributed by atoms with Crippen molar-refractivity contribution < 1.29 is 10.0 Å². The summed E-state index contributed by atoms with van der Waals surface area (Å²) >= 11 is 0. The van der Waals surface area contributed by atoms with Gasteiger partial charge in [0.1, 0.15) is 5.71 Å². The molecular weight excluding hydrogens is 154 g/mol. The molecule has 0 radical (unpaired) electrons. The Hall–Kier alpha value is -1.38. The molecule has 0 amide bonds. The largest absolute Gasteiger partial charge is 0.410 e. The van der Waals surface area contributed by atoms with Crippen LogP contribution in [0.15, 0.2) is 29.0 Å². The van der Waals surface area contributed by atoms with Crippen molar-refractivity contribution in [3.8, 4) is 0 Å². The SMILES string of the molecule is CC(C)C1=CC(=NO)C=CC1=O. The number of hydrogen-bond donors (Lipinski definition) is 1. The van der Waals surface area contributed by atoms with Crippen molar-refractivity contribution in [3.05, 3.63) is 23.8 Å². The van der Waals surface area contributed by atoms with Gasteiger partial charge in [-0.15, -0.1) is 0 Å². The zero-order valence-corrected chi connectivity index (χ0v) is 7.11. The molecule has 0 aliphatic heterocycles. The number of carbonyl (C=O) groups is 1. The zero-order valence-electron chi connectivity index (χ0n) is 7.11. The van der Waals surface area contributed by atoms with Gasteiger partial charge < -0.3 is 5.21 Å². The maximum atomic E-state index is 11.2. The molecule has 0 saturated heterocycles. The molecule has 3 heteroatoms. The number of ketones is 1. The minimum atomic E-state index is -0.00241. The second kappa shape index (κ2) is 3.34. The van der Waals surface area contributed by atoms with Crippen LogP contribution in [-0.2, 0) is 4.79 Å². The van der Waals surface area contributed by atoms with Gasteiger partial charge in [-0.25, -0.2) is 0 Å². The second-order valence-corrected chi connectivity index (χ2v) is 2.98. The summed E-state index contributed by atoms with van der Waals surface area (Å²) in [5, 5.41) is 11.5. The van der Waals surface area contributed by atoms with Crippen molar-refractivity contribution in [1.82, 2.24) is 0 Å². The van der Waals surface area contributed by atoms with E-state index in [1.165, 1.54) is 12.2 Å². The first-order chi connectivity index (χ1) is 5.65. The van der Waals surface area contributed by atoms with Crippen LogP contribution in [-0.4, -0.2) is 16.7 Å². The van der Waals surface area contributed by atoms with Gasteiger partial charge >= 0.3 is 0 Å². The molecule has 12 heavy (non-hydrogen) atoms. The first-order valence-corrected chi connectivity index (χ1v) is 3.81. The molecule has 0 spiro atoms. The van der Waals surface area contributed by atoms with Gasteiger partial charge in [0.2, 0.25) is 0 Å². The molecule has 64 valence electrons. The molecule has 1 N–H and O–H groups in total. The molecule has 0 heterocycles. The maximum Gasteiger partial charge on any atom is 0.182 e. The third kappa shape index (κ3) is 1.61. The van der Waals surface area contributed by atoms with Crippen LogP contribution in [0, 0.1) is 5.92 Å². The fraction of sp³-hybridized carbons (Fsp3) is 0.333. The van der Waals surface area contributed by atoms with Crippen LogP contribution < -0.4 is 0 Å². The molecule has 0 saturated carbocycles. The highest BCUT2D eigenvalue weighted by Gasteiger charge is 2.14. The third-order valence-corrected chi connectivity index (χ3v) is 1.73. The highest BCUT2D eigenvalue weighted by atomic mass is 16.4. The highest BCUT2D eigenvalue weighted by molar-refractivity contribution is 6.19. The molecule has 0 aromatic heterocycles. The lowest BCUT2D eigenvalue weighted by atomic mass is 9.94. The summed E-state index contributed by atoms with van der Waals surface area (Å²) in [6, 6.07) is 0. The number of carbonyl (C=O) groups excluding carboxylic acids is 1. The van der Waals surface area contributed by atoms with Crippen LogP contribution >= 0.6 is 0 Å². The smallest absolute Gasteiger partial charge is 0.182 e. The van der Waals surface area contributed by atoms with E-state index < -0.39 is 0 Å². The van der Waals surface area contributed by atoms with Crippen LogP contribution in [0.4, 0.5) is 0 Å². The standard InChI is InChI=1S/C9H11NO2/c1-6(2)8-5-7(10-12)3-4-9(8)11/h3-6,12H,1-2H3. The monoisotopic (exact) mass is 165 g/mol. The molecule has 0 atom stereocenters. The highest BCUT2D eigenvalue weighted by Crippen LogP contribution is 2.15. The quantitative estimate of drug-likeness (QED) is 0.364. The van der Waals surface area contributed by atoms with Gasteiger partial charge in [-0.05, 0) is 24.1 Å². The van der Waals surface area contributed by atoms with Crippen molar-refractivity contribution in [3.63, 3.8) is 0 Å². The normalized spacial score (nSPS) is 20.4. The maximum absolute atomic E-state index is 11.2.